The second-order valence-corrected chi connectivity index (χ2v) is 0.967. The van der Waals surface area contributed by atoms with Gasteiger partial charge in [0.1, 0.15) is 0 Å². The molecular weight excluding hydrogens is 128 g/mol. The largest absolute Gasteiger partial charge is 0.468 e. The van der Waals surface area contributed by atoms with Gasteiger partial charge in [-0.1, -0.05) is 6.92 Å². The van der Waals surface area contributed by atoms with Gasteiger partial charge in [-0.3, -0.25) is 4.79 Å². The minimum absolute atomic E-state index is 0.462. The molecule has 0 aromatic heterocycles. The number of halogens is 1. The van der Waals surface area contributed by atoms with Crippen LogP contribution in [-0.2, 0) is 9.53 Å². The molecule has 3 heteroatoms. The third-order valence-corrected chi connectivity index (χ3v) is 0.390. The van der Waals surface area contributed by atoms with Crippen LogP contribution in [0.3, 0.4) is 0 Å². The average Bonchev–Trinajstić information content (AvgIpc) is 1.88. The van der Waals surface area contributed by atoms with Crippen molar-refractivity contribution >= 4 is 18.1 Å². The van der Waals surface area contributed by atoms with Crippen LogP contribution >= 0.6 is 11.6 Å². The van der Waals surface area contributed by atoms with Crippen LogP contribution < -0.4 is 0 Å². The Labute approximate surface area is 54.8 Å². The predicted molar refractivity (Wildman–Crippen MR) is 34.1 cm³/mol. The first-order valence-corrected chi connectivity index (χ1v) is 3.10. The van der Waals surface area contributed by atoms with E-state index in [1.165, 1.54) is 6.38 Å². The topological polar surface area (TPSA) is 26.3 Å². The fourth-order valence-corrected chi connectivity index (χ4v) is 0.166. The first-order valence-electron chi connectivity index (χ1n) is 2.35. The Morgan fingerprint density at radius 2 is 2.12 bits per heavy atom. The van der Waals surface area contributed by atoms with Crippen LogP contribution in [0.1, 0.15) is 13.3 Å². The molecule has 0 rings (SSSR count). The molecule has 0 atom stereocenters. The summed E-state index contributed by atoms with van der Waals surface area (Å²) in [6.07, 6.45) is 2.37. The molecule has 0 saturated heterocycles. The van der Waals surface area contributed by atoms with Crippen LogP contribution in [0.5, 0.6) is 0 Å². The quantitative estimate of drug-likeness (QED) is 0.335. The van der Waals surface area contributed by atoms with Gasteiger partial charge in [0.2, 0.25) is 0 Å². The third kappa shape index (κ3) is 17.1. The van der Waals surface area contributed by atoms with Gasteiger partial charge in [-0.05, 0) is 6.42 Å². The highest BCUT2D eigenvalue weighted by atomic mass is 35.5. The van der Waals surface area contributed by atoms with Crippen molar-refractivity contribution in [2.24, 2.45) is 0 Å². The molecular formula is C5H11ClO2. The standard InChI is InChI=1S/C4H8O2.CH3Cl/c1-2-3-6-4-5;1-2/h4H,2-3H2,1H3;1H3. The van der Waals surface area contributed by atoms with Crippen molar-refractivity contribution in [2.45, 2.75) is 13.3 Å². The summed E-state index contributed by atoms with van der Waals surface area (Å²) in [5, 5.41) is 0. The van der Waals surface area contributed by atoms with Crippen LogP contribution in [0, 0.1) is 0 Å². The Balaban J connectivity index is 0. The number of carbonyl (C=O) groups is 1. The summed E-state index contributed by atoms with van der Waals surface area (Å²) in [4.78, 5) is 9.34. The molecule has 0 unspecified atom stereocenters. The van der Waals surface area contributed by atoms with Gasteiger partial charge in [-0.2, -0.15) is 0 Å². The molecule has 0 N–H and O–H groups in total. The Bertz CT molecular complexity index is 39.4. The summed E-state index contributed by atoms with van der Waals surface area (Å²) in [6.45, 7) is 2.95. The second-order valence-electron chi connectivity index (χ2n) is 0.967. The number of hydrogen-bond donors (Lipinski definition) is 0. The molecule has 2 nitrogen and oxygen atoms in total. The summed E-state index contributed by atoms with van der Waals surface area (Å²) >= 11 is 4.64. The Kier molecular flexibility index (Phi) is 21.2. The normalized spacial score (nSPS) is 6.38. The summed E-state index contributed by atoms with van der Waals surface area (Å²) in [7, 11) is 0. The second kappa shape index (κ2) is 15.9. The minimum atomic E-state index is 0.462. The van der Waals surface area contributed by atoms with Crippen LogP contribution in [-0.4, -0.2) is 19.5 Å². The van der Waals surface area contributed by atoms with Crippen molar-refractivity contribution in [3.8, 4) is 0 Å². The number of rotatable bonds is 3. The van der Waals surface area contributed by atoms with Crippen LogP contribution in [0.4, 0.5) is 0 Å². The summed E-state index contributed by atoms with van der Waals surface area (Å²) in [5.74, 6) is 0. The molecule has 0 aromatic rings. The SMILES string of the molecule is CCCOC=O.CCl. The number of ether oxygens (including phenoxy) is 1. The molecule has 0 bridgehead atoms. The van der Waals surface area contributed by atoms with Gasteiger partial charge in [-0.25, -0.2) is 0 Å². The molecule has 0 heterocycles. The highest BCUT2D eigenvalue weighted by Gasteiger charge is 1.71. The van der Waals surface area contributed by atoms with Crippen LogP contribution in [0.2, 0.25) is 0 Å². The van der Waals surface area contributed by atoms with E-state index in [0.29, 0.717) is 13.1 Å². The van der Waals surface area contributed by atoms with Crippen molar-refractivity contribution in [2.75, 3.05) is 13.0 Å². The maximum Gasteiger partial charge on any atom is 0.293 e. The minimum Gasteiger partial charge on any atom is -0.468 e. The van der Waals surface area contributed by atoms with Crippen molar-refractivity contribution < 1.29 is 9.53 Å². The van der Waals surface area contributed by atoms with E-state index >= 15 is 0 Å². The maximum absolute atomic E-state index is 9.34. The van der Waals surface area contributed by atoms with E-state index in [4.69, 9.17) is 0 Å². The lowest BCUT2D eigenvalue weighted by atomic mass is 10.5. The van der Waals surface area contributed by atoms with Crippen molar-refractivity contribution in [3.63, 3.8) is 0 Å². The lowest BCUT2D eigenvalue weighted by Gasteiger charge is -1.86. The summed E-state index contributed by atoms with van der Waals surface area (Å²) < 4.78 is 4.30. The van der Waals surface area contributed by atoms with Gasteiger partial charge in [0.15, 0.2) is 0 Å². The monoisotopic (exact) mass is 138 g/mol. The molecule has 50 valence electrons. The van der Waals surface area contributed by atoms with Crippen molar-refractivity contribution in [3.05, 3.63) is 0 Å². The first kappa shape index (κ1) is 10.7. The molecule has 0 aliphatic carbocycles. The molecule has 0 aliphatic heterocycles. The molecule has 0 spiro atoms. The molecule has 0 amide bonds. The van der Waals surface area contributed by atoms with E-state index in [1.54, 1.807) is 0 Å². The van der Waals surface area contributed by atoms with E-state index in [-0.39, 0.29) is 0 Å². The Hall–Kier alpha value is -0.240. The van der Waals surface area contributed by atoms with Gasteiger partial charge >= 0.3 is 0 Å². The molecule has 8 heavy (non-hydrogen) atoms. The first-order chi connectivity index (χ1) is 3.91. The Morgan fingerprint density at radius 1 is 1.62 bits per heavy atom. The number of carbonyl (C=O) groups excluding carboxylic acids is 1. The number of alkyl halides is 1. The van der Waals surface area contributed by atoms with Gasteiger partial charge in [-0.15, -0.1) is 11.6 Å². The van der Waals surface area contributed by atoms with Crippen LogP contribution in [0.25, 0.3) is 0 Å². The van der Waals surface area contributed by atoms with Crippen molar-refractivity contribution in [1.29, 1.82) is 0 Å². The van der Waals surface area contributed by atoms with E-state index < -0.39 is 0 Å². The zero-order chi connectivity index (χ0) is 6.83. The average molecular weight is 139 g/mol. The zero-order valence-corrected chi connectivity index (χ0v) is 5.94. The van der Waals surface area contributed by atoms with E-state index in [0.717, 1.165) is 6.42 Å². The molecule has 0 radical (unpaired) electrons. The van der Waals surface area contributed by atoms with Gasteiger partial charge in [0, 0.05) is 6.38 Å². The number of hydrogen-bond acceptors (Lipinski definition) is 2. The summed E-state index contributed by atoms with van der Waals surface area (Å²) in [5.41, 5.74) is 0. The van der Waals surface area contributed by atoms with Gasteiger partial charge in [0.05, 0.1) is 6.61 Å². The molecule has 0 aromatic carbocycles. The molecule has 0 saturated carbocycles. The zero-order valence-electron chi connectivity index (χ0n) is 5.19. The lowest BCUT2D eigenvalue weighted by molar-refractivity contribution is -0.128. The molecule has 0 aliphatic rings. The van der Waals surface area contributed by atoms with Crippen molar-refractivity contribution in [1.82, 2.24) is 0 Å². The van der Waals surface area contributed by atoms with Gasteiger partial charge in [0.25, 0.3) is 6.47 Å². The van der Waals surface area contributed by atoms with E-state index in [2.05, 4.69) is 16.3 Å². The lowest BCUT2D eigenvalue weighted by Crippen LogP contribution is -1.86. The van der Waals surface area contributed by atoms with Gasteiger partial charge < -0.3 is 4.74 Å². The fraction of sp³-hybridized carbons (Fsp3) is 0.800. The van der Waals surface area contributed by atoms with E-state index in [1.807, 2.05) is 6.92 Å². The van der Waals surface area contributed by atoms with Crippen LogP contribution in [0.15, 0.2) is 0 Å². The fourth-order valence-electron chi connectivity index (χ4n) is 0.166. The van der Waals surface area contributed by atoms with E-state index in [9.17, 15) is 4.79 Å². The smallest absolute Gasteiger partial charge is 0.293 e. The highest BCUT2D eigenvalue weighted by molar-refractivity contribution is 6.15. The molecule has 0 fully saturated rings. The Morgan fingerprint density at radius 3 is 2.25 bits per heavy atom. The summed E-state index contributed by atoms with van der Waals surface area (Å²) in [6, 6.07) is 0. The highest BCUT2D eigenvalue weighted by Crippen LogP contribution is 1.71. The maximum atomic E-state index is 9.34. The third-order valence-electron chi connectivity index (χ3n) is 0.390. The predicted octanol–water partition coefficient (Wildman–Crippen LogP) is 1.42.